The van der Waals surface area contributed by atoms with E-state index in [1.807, 2.05) is 6.92 Å². The molecule has 0 aliphatic heterocycles. The van der Waals surface area contributed by atoms with Gasteiger partial charge in [0.25, 0.3) is 0 Å². The zero-order valence-electron chi connectivity index (χ0n) is 10.9. The van der Waals surface area contributed by atoms with Crippen LogP contribution in [0.2, 0.25) is 0 Å². The van der Waals surface area contributed by atoms with E-state index in [-0.39, 0.29) is 0 Å². The van der Waals surface area contributed by atoms with Crippen LogP contribution in [-0.4, -0.2) is 44.8 Å². The molecule has 0 bridgehead atoms. The molecule has 92 valence electrons. The molecule has 0 amide bonds. The molecule has 2 N–H and O–H groups in total. The van der Waals surface area contributed by atoms with E-state index in [1.54, 1.807) is 0 Å². The summed E-state index contributed by atoms with van der Waals surface area (Å²) in [6, 6.07) is 0. The zero-order valence-corrected chi connectivity index (χ0v) is 10.9. The average Bonchev–Trinajstić information content (AvgIpc) is 2.18. The molecule has 0 atom stereocenters. The van der Waals surface area contributed by atoms with Crippen LogP contribution in [0.4, 0.5) is 0 Å². The Labute approximate surface area is 95.0 Å². The van der Waals surface area contributed by atoms with Crippen molar-refractivity contribution in [1.82, 2.24) is 4.90 Å². The maximum absolute atomic E-state index is 5.69. The quantitative estimate of drug-likeness (QED) is 0.596. The third-order valence-electron chi connectivity index (χ3n) is 2.77. The van der Waals surface area contributed by atoms with Gasteiger partial charge in [-0.2, -0.15) is 0 Å². The molecule has 0 heterocycles. The molecule has 0 aromatic rings. The summed E-state index contributed by atoms with van der Waals surface area (Å²) in [6.45, 7) is 11.1. The Morgan fingerprint density at radius 3 is 2.47 bits per heavy atom. The average molecular weight is 216 g/mol. The largest absolute Gasteiger partial charge is 0.380 e. The minimum Gasteiger partial charge on any atom is -0.380 e. The number of hydrogen-bond donors (Lipinski definition) is 1. The molecule has 0 saturated heterocycles. The Morgan fingerprint density at radius 1 is 1.27 bits per heavy atom. The molecule has 0 radical (unpaired) electrons. The third kappa shape index (κ3) is 8.85. The van der Waals surface area contributed by atoms with E-state index in [0.717, 1.165) is 32.8 Å². The fourth-order valence-electron chi connectivity index (χ4n) is 1.41. The van der Waals surface area contributed by atoms with Crippen molar-refractivity contribution >= 4 is 0 Å². The summed E-state index contributed by atoms with van der Waals surface area (Å²) in [5, 5.41) is 0. The lowest BCUT2D eigenvalue weighted by atomic mass is 9.88. The molecular formula is C12H28N2O. The first kappa shape index (κ1) is 14.9. The molecule has 3 heteroatoms. The lowest BCUT2D eigenvalue weighted by Gasteiger charge is -2.24. The molecule has 0 aromatic heterocycles. The normalized spacial score (nSPS) is 12.4. The Bertz CT molecular complexity index is 149. The molecule has 0 aromatic carbocycles. The van der Waals surface area contributed by atoms with Gasteiger partial charge >= 0.3 is 0 Å². The van der Waals surface area contributed by atoms with Crippen molar-refractivity contribution in [2.45, 2.75) is 33.6 Å². The predicted octanol–water partition coefficient (Wildman–Crippen LogP) is 1.72. The molecule has 0 aliphatic carbocycles. The second kappa shape index (κ2) is 8.08. The Hall–Kier alpha value is -0.120. The summed E-state index contributed by atoms with van der Waals surface area (Å²) in [5.74, 6) is 0. The van der Waals surface area contributed by atoms with E-state index in [1.165, 1.54) is 12.8 Å². The highest BCUT2D eigenvalue weighted by Crippen LogP contribution is 2.19. The highest BCUT2D eigenvalue weighted by atomic mass is 16.5. The second-order valence-electron chi connectivity index (χ2n) is 4.97. The first-order chi connectivity index (χ1) is 7.02. The molecule has 0 saturated carbocycles. The van der Waals surface area contributed by atoms with Gasteiger partial charge in [0, 0.05) is 13.2 Å². The van der Waals surface area contributed by atoms with Crippen LogP contribution >= 0.6 is 0 Å². The molecule has 0 rings (SSSR count). The monoisotopic (exact) mass is 216 g/mol. The summed E-state index contributed by atoms with van der Waals surface area (Å²) in [4.78, 5) is 2.32. The number of rotatable bonds is 9. The Balaban J connectivity index is 3.42. The minimum absolute atomic E-state index is 0.292. The molecular weight excluding hydrogens is 188 g/mol. The number of likely N-dealkylation sites (N-methyl/N-ethyl adjacent to an activating group) is 1. The van der Waals surface area contributed by atoms with E-state index >= 15 is 0 Å². The second-order valence-corrected chi connectivity index (χ2v) is 4.97. The van der Waals surface area contributed by atoms with Crippen LogP contribution in [0.15, 0.2) is 0 Å². The van der Waals surface area contributed by atoms with E-state index in [2.05, 4.69) is 25.8 Å². The van der Waals surface area contributed by atoms with Crippen LogP contribution in [-0.2, 0) is 4.74 Å². The van der Waals surface area contributed by atoms with Crippen molar-refractivity contribution in [2.75, 3.05) is 39.9 Å². The van der Waals surface area contributed by atoms with Crippen LogP contribution < -0.4 is 5.73 Å². The van der Waals surface area contributed by atoms with Gasteiger partial charge in [0.2, 0.25) is 0 Å². The van der Waals surface area contributed by atoms with Gasteiger partial charge in [-0.1, -0.05) is 13.8 Å². The van der Waals surface area contributed by atoms with Gasteiger partial charge in [0.15, 0.2) is 0 Å². The van der Waals surface area contributed by atoms with Crippen molar-refractivity contribution in [3.63, 3.8) is 0 Å². The van der Waals surface area contributed by atoms with Crippen LogP contribution in [0, 0.1) is 5.41 Å². The summed E-state index contributed by atoms with van der Waals surface area (Å²) < 4.78 is 5.31. The molecule has 0 fully saturated rings. The molecule has 0 spiro atoms. The van der Waals surface area contributed by atoms with Gasteiger partial charge in [-0.05, 0) is 45.3 Å². The summed E-state index contributed by atoms with van der Waals surface area (Å²) >= 11 is 0. The summed E-state index contributed by atoms with van der Waals surface area (Å²) in [7, 11) is 2.15. The Kier molecular flexibility index (Phi) is 8.02. The van der Waals surface area contributed by atoms with Gasteiger partial charge in [-0.25, -0.2) is 0 Å². The molecule has 0 aliphatic rings. The highest BCUT2D eigenvalue weighted by Gasteiger charge is 2.14. The van der Waals surface area contributed by atoms with Crippen LogP contribution in [0.1, 0.15) is 33.6 Å². The van der Waals surface area contributed by atoms with E-state index in [0.29, 0.717) is 5.41 Å². The highest BCUT2D eigenvalue weighted by molar-refractivity contribution is 4.69. The molecule has 15 heavy (non-hydrogen) atoms. The first-order valence-electron chi connectivity index (χ1n) is 5.98. The molecule has 3 nitrogen and oxygen atoms in total. The van der Waals surface area contributed by atoms with Crippen LogP contribution in [0.3, 0.4) is 0 Å². The maximum Gasteiger partial charge on any atom is 0.0593 e. The van der Waals surface area contributed by atoms with Crippen molar-refractivity contribution in [2.24, 2.45) is 11.1 Å². The number of hydrogen-bond acceptors (Lipinski definition) is 3. The lowest BCUT2D eigenvalue weighted by molar-refractivity contribution is 0.120. The van der Waals surface area contributed by atoms with Gasteiger partial charge in [0.1, 0.15) is 0 Å². The molecule has 0 unspecified atom stereocenters. The summed E-state index contributed by atoms with van der Waals surface area (Å²) in [5.41, 5.74) is 5.98. The SMILES string of the molecule is CCOCCN(C)CCCC(C)(C)CN. The van der Waals surface area contributed by atoms with Gasteiger partial charge in [-0.15, -0.1) is 0 Å². The number of nitrogens with two attached hydrogens (primary N) is 1. The number of nitrogens with zero attached hydrogens (tertiary/aromatic N) is 1. The van der Waals surface area contributed by atoms with Crippen molar-refractivity contribution in [3.8, 4) is 0 Å². The third-order valence-corrected chi connectivity index (χ3v) is 2.77. The fourth-order valence-corrected chi connectivity index (χ4v) is 1.41. The smallest absolute Gasteiger partial charge is 0.0593 e. The Morgan fingerprint density at radius 2 is 1.93 bits per heavy atom. The lowest BCUT2D eigenvalue weighted by Crippen LogP contribution is -2.28. The predicted molar refractivity (Wildman–Crippen MR) is 66.1 cm³/mol. The van der Waals surface area contributed by atoms with Crippen molar-refractivity contribution < 1.29 is 4.74 Å². The van der Waals surface area contributed by atoms with Crippen LogP contribution in [0.25, 0.3) is 0 Å². The van der Waals surface area contributed by atoms with Crippen molar-refractivity contribution in [3.05, 3.63) is 0 Å². The van der Waals surface area contributed by atoms with Gasteiger partial charge in [-0.3, -0.25) is 0 Å². The van der Waals surface area contributed by atoms with Crippen LogP contribution in [0.5, 0.6) is 0 Å². The van der Waals surface area contributed by atoms with Gasteiger partial charge in [0.05, 0.1) is 6.61 Å². The number of ether oxygens (including phenoxy) is 1. The fraction of sp³-hybridized carbons (Fsp3) is 1.00. The summed E-state index contributed by atoms with van der Waals surface area (Å²) in [6.07, 6.45) is 2.41. The van der Waals surface area contributed by atoms with E-state index in [4.69, 9.17) is 10.5 Å². The van der Waals surface area contributed by atoms with E-state index < -0.39 is 0 Å². The van der Waals surface area contributed by atoms with E-state index in [9.17, 15) is 0 Å². The van der Waals surface area contributed by atoms with Gasteiger partial charge < -0.3 is 15.4 Å². The van der Waals surface area contributed by atoms with Crippen molar-refractivity contribution in [1.29, 1.82) is 0 Å². The maximum atomic E-state index is 5.69. The minimum atomic E-state index is 0.292. The zero-order chi connectivity index (χ0) is 11.7. The standard InChI is InChI=1S/C12H28N2O/c1-5-15-10-9-14(4)8-6-7-12(2,3)11-13/h5-11,13H2,1-4H3. The topological polar surface area (TPSA) is 38.5 Å². The first-order valence-corrected chi connectivity index (χ1v) is 5.98.